The Labute approximate surface area is 181 Å². The van der Waals surface area contributed by atoms with Gasteiger partial charge < -0.3 is 14.2 Å². The van der Waals surface area contributed by atoms with Gasteiger partial charge in [-0.15, -0.1) is 0 Å². The van der Waals surface area contributed by atoms with Crippen LogP contribution in [0.2, 0.25) is 0 Å². The summed E-state index contributed by atoms with van der Waals surface area (Å²) in [5.74, 6) is -1.04. The third-order valence-corrected chi connectivity index (χ3v) is 5.59. The minimum absolute atomic E-state index is 0.0491. The number of amides is 1. The Bertz CT molecular complexity index is 1190. The van der Waals surface area contributed by atoms with Crippen molar-refractivity contribution in [2.45, 2.75) is 38.4 Å². The van der Waals surface area contributed by atoms with E-state index in [2.05, 4.69) is 10.1 Å². The average Bonchev–Trinajstić information content (AvgIpc) is 3.17. The molecule has 10 heteroatoms. The van der Waals surface area contributed by atoms with E-state index in [1.54, 1.807) is 6.92 Å². The number of carbonyl (C=O) groups is 2. The molecule has 168 valence electrons. The maximum Gasteiger partial charge on any atom is 0.417 e. The molecule has 0 bridgehead atoms. The maximum absolute atomic E-state index is 13.6. The highest BCUT2D eigenvalue weighted by atomic mass is 19.4. The normalized spacial score (nSPS) is 16.9. The number of hydrogen-bond acceptors (Lipinski definition) is 6. The van der Waals surface area contributed by atoms with E-state index in [9.17, 15) is 22.8 Å². The van der Waals surface area contributed by atoms with Crippen LogP contribution in [0.25, 0.3) is 22.4 Å². The summed E-state index contributed by atoms with van der Waals surface area (Å²) in [6.45, 7) is 1.93. The van der Waals surface area contributed by atoms with Crippen molar-refractivity contribution in [3.8, 4) is 11.3 Å². The van der Waals surface area contributed by atoms with Gasteiger partial charge in [0, 0.05) is 12.1 Å². The quantitative estimate of drug-likeness (QED) is 0.554. The summed E-state index contributed by atoms with van der Waals surface area (Å²) in [4.78, 5) is 31.4. The first-order valence-corrected chi connectivity index (χ1v) is 10.0. The first kappa shape index (κ1) is 21.8. The maximum atomic E-state index is 13.6. The van der Waals surface area contributed by atoms with Crippen molar-refractivity contribution in [3.63, 3.8) is 0 Å². The van der Waals surface area contributed by atoms with E-state index in [1.807, 2.05) is 0 Å². The zero-order valence-corrected chi connectivity index (χ0v) is 17.4. The highest BCUT2D eigenvalue weighted by Crippen LogP contribution is 2.38. The van der Waals surface area contributed by atoms with Crippen molar-refractivity contribution in [1.29, 1.82) is 0 Å². The zero-order chi connectivity index (χ0) is 23.0. The van der Waals surface area contributed by atoms with Crippen LogP contribution in [0.4, 0.5) is 13.2 Å². The second-order valence-electron chi connectivity index (χ2n) is 7.58. The van der Waals surface area contributed by atoms with Gasteiger partial charge >= 0.3 is 12.1 Å². The number of nitrogens with zero attached hydrogens (tertiary/aromatic N) is 3. The molecule has 1 unspecified atom stereocenters. The van der Waals surface area contributed by atoms with Gasteiger partial charge in [-0.3, -0.25) is 4.79 Å². The van der Waals surface area contributed by atoms with Crippen molar-refractivity contribution >= 4 is 23.0 Å². The Morgan fingerprint density at radius 3 is 2.69 bits per heavy atom. The lowest BCUT2D eigenvalue weighted by molar-refractivity contribution is -0.147. The van der Waals surface area contributed by atoms with E-state index >= 15 is 0 Å². The third kappa shape index (κ3) is 3.80. The molecule has 32 heavy (non-hydrogen) atoms. The number of methoxy groups -OCH3 is 1. The molecule has 2 aromatic heterocycles. The molecule has 3 heterocycles. The van der Waals surface area contributed by atoms with Crippen LogP contribution in [0.1, 0.15) is 40.9 Å². The number of ether oxygens (including phenoxy) is 1. The van der Waals surface area contributed by atoms with Gasteiger partial charge in [-0.25, -0.2) is 9.78 Å². The molecule has 1 atom stereocenters. The van der Waals surface area contributed by atoms with E-state index in [0.717, 1.165) is 12.5 Å². The smallest absolute Gasteiger partial charge is 0.417 e. The molecule has 0 N–H and O–H groups in total. The number of benzene rings is 1. The predicted octanol–water partition coefficient (Wildman–Crippen LogP) is 4.38. The van der Waals surface area contributed by atoms with E-state index < -0.39 is 29.7 Å². The molecule has 1 fully saturated rings. The number of esters is 1. The number of hydrogen-bond donors (Lipinski definition) is 0. The van der Waals surface area contributed by atoms with Crippen LogP contribution >= 0.6 is 0 Å². The lowest BCUT2D eigenvalue weighted by Crippen LogP contribution is -2.48. The Morgan fingerprint density at radius 1 is 1.22 bits per heavy atom. The molecule has 1 saturated heterocycles. The number of halogens is 3. The molecule has 0 spiro atoms. The van der Waals surface area contributed by atoms with Crippen molar-refractivity contribution in [3.05, 3.63) is 47.2 Å². The molecule has 0 radical (unpaired) electrons. The molecular formula is C22H20F3N3O4. The van der Waals surface area contributed by atoms with Gasteiger partial charge in [-0.05, 0) is 38.3 Å². The fraction of sp³-hybridized carbons (Fsp3) is 0.364. The topological polar surface area (TPSA) is 85.5 Å². The van der Waals surface area contributed by atoms with Crippen LogP contribution in [0, 0.1) is 6.92 Å². The number of aryl methyl sites for hydroxylation is 1. The average molecular weight is 447 g/mol. The number of piperidine rings is 1. The Balaban J connectivity index is 1.88. The van der Waals surface area contributed by atoms with Gasteiger partial charge in [0.15, 0.2) is 0 Å². The van der Waals surface area contributed by atoms with Crippen molar-refractivity contribution in [1.82, 2.24) is 15.0 Å². The molecular weight excluding hydrogens is 427 g/mol. The standard InChI is InChI=1S/C22H20F3N3O4/c1-12-18-14(20(29)28-10-6-5-9-17(28)21(30)31-2)11-16(26-19(18)32-27-12)13-7-3-4-8-15(13)22(23,24)25/h3-4,7-8,11,17H,5-6,9-10H2,1-2H3. The molecule has 0 saturated carbocycles. The highest BCUT2D eigenvalue weighted by molar-refractivity contribution is 6.08. The lowest BCUT2D eigenvalue weighted by Gasteiger charge is -2.34. The molecule has 4 rings (SSSR count). The lowest BCUT2D eigenvalue weighted by atomic mass is 9.98. The molecule has 1 aliphatic heterocycles. The number of fused-ring (bicyclic) bond motifs is 1. The van der Waals surface area contributed by atoms with E-state index in [0.29, 0.717) is 30.5 Å². The Kier molecular flexibility index (Phi) is 5.62. The third-order valence-electron chi connectivity index (χ3n) is 5.59. The van der Waals surface area contributed by atoms with Gasteiger partial charge in [0.05, 0.1) is 35.0 Å². The summed E-state index contributed by atoms with van der Waals surface area (Å²) in [6, 6.07) is 5.52. The van der Waals surface area contributed by atoms with Gasteiger partial charge in [0.25, 0.3) is 11.6 Å². The van der Waals surface area contributed by atoms with E-state index in [4.69, 9.17) is 9.26 Å². The summed E-state index contributed by atoms with van der Waals surface area (Å²) in [7, 11) is 1.25. The molecule has 3 aromatic rings. The van der Waals surface area contributed by atoms with Crippen LogP contribution in [0.3, 0.4) is 0 Å². The van der Waals surface area contributed by atoms with Crippen LogP contribution in [0.5, 0.6) is 0 Å². The van der Waals surface area contributed by atoms with Crippen LogP contribution in [-0.4, -0.2) is 46.6 Å². The molecule has 7 nitrogen and oxygen atoms in total. The molecule has 1 amide bonds. The SMILES string of the molecule is COC(=O)C1CCCCN1C(=O)c1cc(-c2ccccc2C(F)(F)F)nc2onc(C)c12. The summed E-state index contributed by atoms with van der Waals surface area (Å²) in [5, 5.41) is 4.14. The van der Waals surface area contributed by atoms with Crippen molar-refractivity contribution < 1.29 is 32.0 Å². The Morgan fingerprint density at radius 2 is 1.97 bits per heavy atom. The minimum atomic E-state index is -4.61. The van der Waals surface area contributed by atoms with E-state index in [-0.39, 0.29) is 22.5 Å². The van der Waals surface area contributed by atoms with Gasteiger partial charge in [0.2, 0.25) is 0 Å². The number of carbonyl (C=O) groups excluding carboxylic acids is 2. The second-order valence-corrected chi connectivity index (χ2v) is 7.58. The summed E-state index contributed by atoms with van der Waals surface area (Å²) in [5.41, 5.74) is -0.738. The second kappa shape index (κ2) is 8.25. The number of pyridine rings is 1. The molecule has 1 aliphatic rings. The number of rotatable bonds is 3. The van der Waals surface area contributed by atoms with E-state index in [1.165, 1.54) is 36.3 Å². The van der Waals surface area contributed by atoms with Gasteiger partial charge in [-0.1, -0.05) is 23.4 Å². The van der Waals surface area contributed by atoms with Gasteiger partial charge in [0.1, 0.15) is 6.04 Å². The monoisotopic (exact) mass is 447 g/mol. The summed E-state index contributed by atoms with van der Waals surface area (Å²) >= 11 is 0. The highest BCUT2D eigenvalue weighted by Gasteiger charge is 2.36. The summed E-state index contributed by atoms with van der Waals surface area (Å²) < 4.78 is 50.8. The first-order chi connectivity index (χ1) is 15.2. The number of aromatic nitrogens is 2. The fourth-order valence-electron chi connectivity index (χ4n) is 4.07. The molecule has 0 aliphatic carbocycles. The number of alkyl halides is 3. The van der Waals surface area contributed by atoms with Gasteiger partial charge in [-0.2, -0.15) is 13.2 Å². The first-order valence-electron chi connectivity index (χ1n) is 10.0. The fourth-order valence-corrected chi connectivity index (χ4v) is 4.07. The number of likely N-dealkylation sites (tertiary alicyclic amines) is 1. The van der Waals surface area contributed by atoms with Crippen LogP contribution in [-0.2, 0) is 15.7 Å². The summed E-state index contributed by atoms with van der Waals surface area (Å²) in [6.07, 6.45) is -2.72. The van der Waals surface area contributed by atoms with Crippen molar-refractivity contribution in [2.24, 2.45) is 0 Å². The van der Waals surface area contributed by atoms with Crippen LogP contribution in [0.15, 0.2) is 34.9 Å². The van der Waals surface area contributed by atoms with Crippen LogP contribution < -0.4 is 0 Å². The van der Waals surface area contributed by atoms with Crippen molar-refractivity contribution in [2.75, 3.05) is 13.7 Å². The minimum Gasteiger partial charge on any atom is -0.467 e. The predicted molar refractivity (Wildman–Crippen MR) is 108 cm³/mol. The zero-order valence-electron chi connectivity index (χ0n) is 17.4. The largest absolute Gasteiger partial charge is 0.467 e. The molecule has 1 aromatic carbocycles. The Hall–Kier alpha value is -3.43.